The van der Waals surface area contributed by atoms with Gasteiger partial charge in [0.15, 0.2) is 0 Å². The number of aromatic hydroxyl groups is 1. The average Bonchev–Trinajstić information content (AvgIpc) is 3.71. The molecule has 4 aromatic rings. The van der Waals surface area contributed by atoms with Gasteiger partial charge in [0.05, 0.1) is 36.2 Å². The number of H-pyrrole nitrogens is 1. The van der Waals surface area contributed by atoms with Crippen molar-refractivity contribution in [3.63, 3.8) is 0 Å². The first kappa shape index (κ1) is 33.3. The fourth-order valence-corrected chi connectivity index (χ4v) is 4.77. The number of carbonyl (C=O) groups is 4. The Kier molecular flexibility index (Phi) is 10.8. The first-order chi connectivity index (χ1) is 21.9. The lowest BCUT2D eigenvalue weighted by atomic mass is 10.0. The van der Waals surface area contributed by atoms with Crippen LogP contribution in [0.25, 0.3) is 11.3 Å². The molecule has 4 rings (SSSR count). The smallest absolute Gasteiger partial charge is 0.408 e. The van der Waals surface area contributed by atoms with E-state index in [4.69, 9.17) is 9.47 Å². The number of anilines is 1. The average molecular weight is 644 g/mol. The lowest BCUT2D eigenvalue weighted by Gasteiger charge is -2.23. The molecule has 0 aliphatic carbocycles. The van der Waals surface area contributed by atoms with Gasteiger partial charge in [-0.1, -0.05) is 11.8 Å². The third kappa shape index (κ3) is 9.20. The van der Waals surface area contributed by atoms with Gasteiger partial charge in [-0.3, -0.25) is 14.7 Å². The van der Waals surface area contributed by atoms with Gasteiger partial charge >= 0.3 is 12.1 Å². The first-order valence-corrected chi connectivity index (χ1v) is 15.1. The maximum Gasteiger partial charge on any atom is 0.408 e. The normalized spacial score (nSPS) is 11.4. The number of phenols is 1. The molecule has 46 heavy (non-hydrogen) atoms. The van der Waals surface area contributed by atoms with E-state index in [2.05, 4.69) is 38.0 Å². The van der Waals surface area contributed by atoms with Crippen LogP contribution in [0.15, 0.2) is 65.5 Å². The monoisotopic (exact) mass is 643 g/mol. The third-order valence-corrected chi connectivity index (χ3v) is 6.85. The molecule has 238 valence electrons. The van der Waals surface area contributed by atoms with Gasteiger partial charge in [-0.2, -0.15) is 16.4 Å². The molecule has 0 spiro atoms. The van der Waals surface area contributed by atoms with Crippen molar-refractivity contribution >= 4 is 40.9 Å². The SMILES string of the molecule is CCOC(=O)c1ccc(O)c(-c2[nH]ncc2C#Cc2ccc(NC(=O)CNC(=O)[C@H](NC(=O)OC(C)(C)C)c3ccsc3)cc2)c1. The number of phenolic OH excluding ortho intramolecular Hbond substituents is 1. The van der Waals surface area contributed by atoms with Crippen molar-refractivity contribution in [2.24, 2.45) is 0 Å². The Morgan fingerprint density at radius 3 is 2.50 bits per heavy atom. The number of amides is 3. The van der Waals surface area contributed by atoms with Gasteiger partial charge in [-0.15, -0.1) is 0 Å². The van der Waals surface area contributed by atoms with Gasteiger partial charge in [0.2, 0.25) is 11.8 Å². The molecule has 12 nitrogen and oxygen atoms in total. The lowest BCUT2D eigenvalue weighted by Crippen LogP contribution is -2.44. The summed E-state index contributed by atoms with van der Waals surface area (Å²) in [5.74, 6) is 4.41. The Balaban J connectivity index is 1.36. The number of carbonyl (C=O) groups excluding carboxylic acids is 4. The van der Waals surface area contributed by atoms with Crippen molar-refractivity contribution in [3.8, 4) is 28.8 Å². The maximum absolute atomic E-state index is 12.9. The second-order valence-electron chi connectivity index (χ2n) is 10.8. The topological polar surface area (TPSA) is 172 Å². The third-order valence-electron chi connectivity index (χ3n) is 6.15. The van der Waals surface area contributed by atoms with E-state index in [-0.39, 0.29) is 24.5 Å². The molecule has 0 aliphatic heterocycles. The molecular formula is C33H33N5O7S. The predicted octanol–water partition coefficient (Wildman–Crippen LogP) is 4.74. The minimum Gasteiger partial charge on any atom is -0.507 e. The summed E-state index contributed by atoms with van der Waals surface area (Å²) in [5, 5.41) is 28.6. The van der Waals surface area contributed by atoms with E-state index in [1.807, 2.05) is 0 Å². The Bertz CT molecular complexity index is 1760. The van der Waals surface area contributed by atoms with Gasteiger partial charge in [0.1, 0.15) is 17.4 Å². The highest BCUT2D eigenvalue weighted by atomic mass is 32.1. The molecule has 0 fully saturated rings. The van der Waals surface area contributed by atoms with Crippen LogP contribution in [0.1, 0.15) is 60.8 Å². The molecule has 2 aromatic carbocycles. The van der Waals surface area contributed by atoms with Gasteiger partial charge in [0.25, 0.3) is 0 Å². The number of nitrogens with one attached hydrogen (secondary N) is 4. The number of benzene rings is 2. The number of alkyl carbamates (subject to hydrolysis) is 1. The zero-order chi connectivity index (χ0) is 33.3. The summed E-state index contributed by atoms with van der Waals surface area (Å²) < 4.78 is 10.3. The summed E-state index contributed by atoms with van der Waals surface area (Å²) >= 11 is 1.37. The Hall–Kier alpha value is -5.61. The van der Waals surface area contributed by atoms with Gasteiger partial charge in [-0.25, -0.2) is 9.59 Å². The van der Waals surface area contributed by atoms with Gasteiger partial charge < -0.3 is 30.5 Å². The zero-order valence-corrected chi connectivity index (χ0v) is 26.4. The molecule has 0 aliphatic rings. The molecule has 0 saturated heterocycles. The van der Waals surface area contributed by atoms with Crippen LogP contribution in [0, 0.1) is 11.8 Å². The van der Waals surface area contributed by atoms with E-state index in [0.29, 0.717) is 33.6 Å². The summed E-state index contributed by atoms with van der Waals surface area (Å²) in [6, 6.07) is 11.8. The summed E-state index contributed by atoms with van der Waals surface area (Å²) in [6.07, 6.45) is 0.755. The number of aromatic amines is 1. The zero-order valence-electron chi connectivity index (χ0n) is 25.6. The molecule has 13 heteroatoms. The van der Waals surface area contributed by atoms with Crippen LogP contribution >= 0.6 is 11.3 Å². The number of hydrogen-bond acceptors (Lipinski definition) is 9. The molecule has 5 N–H and O–H groups in total. The molecule has 0 unspecified atom stereocenters. The van der Waals surface area contributed by atoms with Crippen LogP contribution in [0.4, 0.5) is 10.5 Å². The first-order valence-electron chi connectivity index (χ1n) is 14.2. The highest BCUT2D eigenvalue weighted by molar-refractivity contribution is 7.08. The van der Waals surface area contributed by atoms with E-state index < -0.39 is 35.5 Å². The number of rotatable bonds is 9. The number of hydrogen-bond donors (Lipinski definition) is 5. The Morgan fingerprint density at radius 1 is 1.07 bits per heavy atom. The number of thiophene rings is 1. The number of aromatic nitrogens is 2. The molecule has 2 aromatic heterocycles. The fraction of sp³-hybridized carbons (Fsp3) is 0.242. The second kappa shape index (κ2) is 14.9. The summed E-state index contributed by atoms with van der Waals surface area (Å²) in [7, 11) is 0. The fourth-order valence-electron chi connectivity index (χ4n) is 4.08. The maximum atomic E-state index is 12.9. The molecule has 1 atom stereocenters. The number of esters is 1. The summed E-state index contributed by atoms with van der Waals surface area (Å²) in [5.41, 5.74) is 2.49. The Morgan fingerprint density at radius 2 is 1.83 bits per heavy atom. The Labute approximate surface area is 269 Å². The van der Waals surface area contributed by atoms with E-state index >= 15 is 0 Å². The van der Waals surface area contributed by atoms with E-state index in [9.17, 15) is 24.3 Å². The van der Waals surface area contributed by atoms with Gasteiger partial charge in [0, 0.05) is 16.8 Å². The highest BCUT2D eigenvalue weighted by Gasteiger charge is 2.26. The molecule has 3 amide bonds. The lowest BCUT2D eigenvalue weighted by molar-refractivity contribution is -0.125. The van der Waals surface area contributed by atoms with E-state index in [0.717, 1.165) is 0 Å². The number of nitrogens with zero attached hydrogens (tertiary/aromatic N) is 1. The van der Waals surface area contributed by atoms with Crippen LogP contribution < -0.4 is 16.0 Å². The predicted molar refractivity (Wildman–Crippen MR) is 172 cm³/mol. The minimum atomic E-state index is -1.03. The second-order valence-corrected chi connectivity index (χ2v) is 11.6. The van der Waals surface area contributed by atoms with Crippen molar-refractivity contribution in [1.82, 2.24) is 20.8 Å². The van der Waals surface area contributed by atoms with Crippen molar-refractivity contribution in [2.45, 2.75) is 39.3 Å². The van der Waals surface area contributed by atoms with Crippen LogP contribution in [-0.2, 0) is 19.1 Å². The largest absolute Gasteiger partial charge is 0.507 e. The van der Waals surface area contributed by atoms with Crippen LogP contribution in [0.2, 0.25) is 0 Å². The molecular weight excluding hydrogens is 610 g/mol. The quantitative estimate of drug-likeness (QED) is 0.129. The van der Waals surface area contributed by atoms with Crippen molar-refractivity contribution in [3.05, 3.63) is 87.7 Å². The van der Waals surface area contributed by atoms with Crippen molar-refractivity contribution < 1.29 is 33.8 Å². The molecule has 0 bridgehead atoms. The van der Waals surface area contributed by atoms with Crippen LogP contribution in [0.3, 0.4) is 0 Å². The highest BCUT2D eigenvalue weighted by Crippen LogP contribution is 2.31. The summed E-state index contributed by atoms with van der Waals surface area (Å²) in [6.45, 7) is 6.75. The van der Waals surface area contributed by atoms with Crippen LogP contribution in [-0.4, -0.2) is 57.9 Å². The minimum absolute atomic E-state index is 0.0575. The van der Waals surface area contributed by atoms with Gasteiger partial charge in [-0.05, 0) is 92.5 Å². The molecule has 0 radical (unpaired) electrons. The van der Waals surface area contributed by atoms with Crippen molar-refractivity contribution in [2.75, 3.05) is 18.5 Å². The van der Waals surface area contributed by atoms with Crippen molar-refractivity contribution in [1.29, 1.82) is 0 Å². The summed E-state index contributed by atoms with van der Waals surface area (Å²) in [4.78, 5) is 50.0. The standard InChI is InChI=1S/C33H33N5O7S/c1-5-44-31(42)21-10-13-26(39)25(16-21)28-22(17-35-38-28)9-6-20-7-11-24(12-8-20)36-27(40)18-34-30(41)29(23-14-15-46-19-23)37-32(43)45-33(2,3)4/h7-8,10-17,19,29,39H,5,18H2,1-4H3,(H,34,41)(H,35,38)(H,36,40)(H,37,43)/t29-/m1/s1. The molecule has 0 saturated carbocycles. The molecule has 2 heterocycles. The number of ether oxygens (including phenoxy) is 2. The van der Waals surface area contributed by atoms with E-state index in [1.54, 1.807) is 68.8 Å². The van der Waals surface area contributed by atoms with Crippen LogP contribution in [0.5, 0.6) is 5.75 Å². The van der Waals surface area contributed by atoms with E-state index in [1.165, 1.54) is 35.7 Å².